The van der Waals surface area contributed by atoms with Crippen LogP contribution in [0, 0.1) is 35.5 Å². The summed E-state index contributed by atoms with van der Waals surface area (Å²) in [7, 11) is 3.40. The van der Waals surface area contributed by atoms with E-state index in [1.165, 1.54) is 74.3 Å². The van der Waals surface area contributed by atoms with Crippen molar-refractivity contribution in [1.29, 1.82) is 0 Å². The highest BCUT2D eigenvalue weighted by atomic mass is 32.2. The van der Waals surface area contributed by atoms with Crippen LogP contribution in [0.2, 0.25) is 0 Å². The van der Waals surface area contributed by atoms with Gasteiger partial charge in [-0.05, 0) is 154 Å². The Bertz CT molecular complexity index is 5080. The SMILES string of the molecule is C/C=C(\NC(=O)C1CCCN1C(=O)/C(=C/C)NC(=O)C(C)NC(=O)C1CCCN1C(=O)/C(=C\C)NC(=O)C(C)N(C)C)C(=O)NC(C(=O)NC(C)C(=O)NC(CCC(N)=O)C(=O)NC(Cc1ccccc1)C(=O)NC(C(=O)NC(C(=O)NC(CCC(N)=O)C(=O)NCC(=O)NC(CO)C(=O)N/C(=C/C)C(=O)NC(C(=O)NC1CS/C=C\NC(=O)C(C(C)C)NC(=O)C(CC(C)C)NC1=O)C(C)CC)C(C)CC)C(C)C)C(C)C. The maximum Gasteiger partial charge on any atom is 0.270 e. The number of aliphatic hydroxyl groups is 1. The molecule has 24 N–H and O–H groups in total. The van der Waals surface area contributed by atoms with E-state index in [4.69, 9.17) is 11.5 Å². The molecule has 4 rings (SSSR count). The number of likely N-dealkylation sites (N-methyl/N-ethyl adjacent to an activating group) is 1. The summed E-state index contributed by atoms with van der Waals surface area (Å²) in [5.74, 6) is -23.3. The average molecular weight is 2100 g/mol. The lowest BCUT2D eigenvalue weighted by Gasteiger charge is -2.30. The number of rotatable bonds is 53. The summed E-state index contributed by atoms with van der Waals surface area (Å²) in [6, 6.07) is -13.2. The lowest BCUT2D eigenvalue weighted by Crippen LogP contribution is -2.62. The molecule has 2 saturated heterocycles. The van der Waals surface area contributed by atoms with Crippen molar-refractivity contribution in [2.24, 2.45) is 47.0 Å². The fraction of sp³-hybridized carbons (Fsp3) is 0.606. The smallest absolute Gasteiger partial charge is 0.270 e. The van der Waals surface area contributed by atoms with Crippen LogP contribution in [-0.2, 0) is 117 Å². The van der Waals surface area contributed by atoms with E-state index < -0.39 is 301 Å². The van der Waals surface area contributed by atoms with Crippen molar-refractivity contribution in [2.75, 3.05) is 46.1 Å². The lowest BCUT2D eigenvalue weighted by molar-refractivity contribution is -0.138. The van der Waals surface area contributed by atoms with Crippen molar-refractivity contribution >= 4 is 148 Å². The first-order chi connectivity index (χ1) is 69.6. The number of carbonyl (C=O) groups excluding carboxylic acids is 23. The molecule has 1 aromatic carbocycles. The number of carbonyl (C=O) groups is 23. The van der Waals surface area contributed by atoms with Crippen LogP contribution < -0.4 is 112 Å². The molecule has 0 aromatic heterocycles. The maximum absolute atomic E-state index is 14.8. The first-order valence-electron chi connectivity index (χ1n) is 49.8. The normalized spacial score (nSPS) is 19.3. The predicted molar refractivity (Wildman–Crippen MR) is 546 cm³/mol. The topological polar surface area (TPSA) is 703 Å². The van der Waals surface area contributed by atoms with E-state index in [2.05, 4.69) is 101 Å². The molecule has 2 fully saturated rings. The average Bonchev–Trinajstić information content (AvgIpc) is 1.68. The standard InChI is InChI=1S/C99H154N24O24S/c1-22-54(15)78(97(145)115-69-49-148-44-41-102-93(141)75(51(9)10)116-87(135)66(45-50(7)8)113-90(69)138)119-85(133)60(24-3)107-89(137)68(48-124)106-74(127)47-103-83(131)64(37-39-72(100)125)112-96(144)79(55(16)23-2)120-95(143)77(53(13)14)118-88(136)67(46-59-33-29-28-30-34-59)114-86(134)65(38-40-73(101)126)111-81(129)57(18)105-94(142)76(52(11)12)117-84(132)61(25-4)108-92(140)71-36-32-43-123(71)98(146)62(26-5)109-80(128)56(17)104-91(139)70-35-31-42-122(70)99(147)63(27-6)110-82(130)58(19)121(20)21/h24-30,33-34,41,44,50-58,64-71,75-79,124H,22-23,31-32,35-40,42-43,45-49H2,1-21H3,(H2,100,125)(H2,101,126)(H,102,141)(H,103,131)(H,104,139)(H,105,142)(H,106,127)(H,107,137)(H,108,140)(H,109,128)(H,110,130)(H,111,129)(H,112,144)(H,113,138)(H,114,134)(H,115,145)(H,116,135)(H,117,132)(H,118,136)(H,119,133)(H,120,143)/b44-41-,60-24+,61-25-,62-26-,63-27+. The second kappa shape index (κ2) is 62.2. The minimum absolute atomic E-state index is 0.0255. The molecule has 48 nitrogen and oxygen atoms in total. The zero-order chi connectivity index (χ0) is 112. The Morgan fingerprint density at radius 3 is 1.45 bits per heavy atom. The number of hydrogen-bond donors (Lipinski definition) is 22. The molecule has 1 aromatic rings. The van der Waals surface area contributed by atoms with Crippen LogP contribution in [0.1, 0.15) is 208 Å². The highest BCUT2D eigenvalue weighted by Gasteiger charge is 2.44. The van der Waals surface area contributed by atoms with E-state index in [0.29, 0.717) is 24.8 Å². The number of nitrogens with two attached hydrogens (primary N) is 2. The highest BCUT2D eigenvalue weighted by molar-refractivity contribution is 8.02. The number of likely N-dealkylation sites (tertiary alicyclic amines) is 2. The Hall–Kier alpha value is -14.0. The number of hydrogen-bond acceptors (Lipinski definition) is 26. The van der Waals surface area contributed by atoms with Crippen LogP contribution in [0.4, 0.5) is 0 Å². The van der Waals surface area contributed by atoms with Crippen molar-refractivity contribution in [3.05, 3.63) is 94.6 Å². The molecule has 3 aliphatic rings. The maximum atomic E-state index is 14.8. The van der Waals surface area contributed by atoms with E-state index in [1.807, 2.05) is 13.8 Å². The molecule has 0 bridgehead atoms. The highest BCUT2D eigenvalue weighted by Crippen LogP contribution is 2.25. The number of primary amides is 2. The monoisotopic (exact) mass is 2100 g/mol. The van der Waals surface area contributed by atoms with Gasteiger partial charge >= 0.3 is 0 Å². The van der Waals surface area contributed by atoms with Gasteiger partial charge in [-0.1, -0.05) is 151 Å². The fourth-order valence-electron chi connectivity index (χ4n) is 15.5. The number of nitrogens with one attached hydrogen (secondary N) is 19. The number of benzene rings is 1. The third-order valence-electron chi connectivity index (χ3n) is 25.2. The van der Waals surface area contributed by atoms with Crippen molar-refractivity contribution < 1.29 is 115 Å². The van der Waals surface area contributed by atoms with Gasteiger partial charge in [0.05, 0.1) is 19.2 Å². The molecular weight excluding hydrogens is 1940 g/mol. The molecule has 49 heteroatoms. The minimum atomic E-state index is -1.81. The van der Waals surface area contributed by atoms with E-state index in [1.54, 1.807) is 132 Å². The molecule has 3 heterocycles. The van der Waals surface area contributed by atoms with Gasteiger partial charge in [-0.15, -0.1) is 11.8 Å². The quantitative estimate of drug-likeness (QED) is 0.0284. The van der Waals surface area contributed by atoms with Gasteiger partial charge in [-0.25, -0.2) is 0 Å². The third kappa shape index (κ3) is 39.7. The fourth-order valence-corrected chi connectivity index (χ4v) is 16.2. The van der Waals surface area contributed by atoms with Crippen LogP contribution in [0.5, 0.6) is 0 Å². The van der Waals surface area contributed by atoms with E-state index in [0.717, 1.165) is 17.8 Å². The van der Waals surface area contributed by atoms with E-state index in [-0.39, 0.29) is 79.9 Å². The number of nitrogens with zero attached hydrogens (tertiary/aromatic N) is 3. The van der Waals surface area contributed by atoms with Crippen LogP contribution >= 0.6 is 11.8 Å². The first kappa shape index (κ1) is 126. The van der Waals surface area contributed by atoms with Gasteiger partial charge in [0.25, 0.3) is 23.6 Å². The lowest BCUT2D eigenvalue weighted by atomic mass is 9.95. The summed E-state index contributed by atoms with van der Waals surface area (Å²) in [5.41, 5.74) is 10.4. The van der Waals surface area contributed by atoms with Crippen LogP contribution in [0.15, 0.2) is 89.0 Å². The number of thioether (sulfide) groups is 1. The summed E-state index contributed by atoms with van der Waals surface area (Å²) in [6.07, 6.45) is 6.05. The van der Waals surface area contributed by atoms with Gasteiger partial charge in [-0.3, -0.25) is 115 Å². The number of allylic oxidation sites excluding steroid dienone is 4. The van der Waals surface area contributed by atoms with Crippen LogP contribution in [0.25, 0.3) is 0 Å². The molecule has 3 aliphatic heterocycles. The molecule has 0 spiro atoms. The molecule has 0 saturated carbocycles. The zero-order valence-electron chi connectivity index (χ0n) is 88.3. The van der Waals surface area contributed by atoms with Gasteiger partial charge in [-0.2, -0.15) is 0 Å². The Morgan fingerprint density at radius 1 is 0.480 bits per heavy atom. The minimum Gasteiger partial charge on any atom is -0.394 e. The Morgan fingerprint density at radius 2 is 0.939 bits per heavy atom. The molecule has 148 heavy (non-hydrogen) atoms. The van der Waals surface area contributed by atoms with Crippen LogP contribution in [0.3, 0.4) is 0 Å². The molecular formula is C99H154N24O24S. The predicted octanol–water partition coefficient (Wildman–Crippen LogP) is -3.34. The van der Waals surface area contributed by atoms with Gasteiger partial charge in [0, 0.05) is 44.3 Å². The van der Waals surface area contributed by atoms with Crippen molar-refractivity contribution in [3.63, 3.8) is 0 Å². The molecule has 18 atom stereocenters. The molecule has 0 aliphatic carbocycles. The summed E-state index contributed by atoms with van der Waals surface area (Å²) in [5, 5.41) is 60.4. The second-order valence-electron chi connectivity index (χ2n) is 38.3. The Kier molecular flexibility index (Phi) is 53.1. The van der Waals surface area contributed by atoms with Gasteiger partial charge < -0.3 is 127 Å². The first-order valence-corrected chi connectivity index (χ1v) is 50.9. The third-order valence-corrected chi connectivity index (χ3v) is 26.0. The van der Waals surface area contributed by atoms with Crippen molar-refractivity contribution in [3.8, 4) is 0 Å². The molecule has 23 amide bonds. The molecule has 0 radical (unpaired) electrons. The number of aliphatic hydroxyl groups excluding tert-OH is 1. The van der Waals surface area contributed by atoms with Crippen molar-refractivity contribution in [1.82, 2.24) is 116 Å². The molecule has 820 valence electrons. The molecule has 18 unspecified atom stereocenters. The Balaban J connectivity index is 1.45. The van der Waals surface area contributed by atoms with Gasteiger partial charge in [0.1, 0.15) is 113 Å². The van der Waals surface area contributed by atoms with Gasteiger partial charge in [0.2, 0.25) is 112 Å². The van der Waals surface area contributed by atoms with Crippen molar-refractivity contribution in [2.45, 2.75) is 305 Å². The van der Waals surface area contributed by atoms with Gasteiger partial charge in [0.15, 0.2) is 0 Å². The summed E-state index contributed by atoms with van der Waals surface area (Å²) < 4.78 is 0. The van der Waals surface area contributed by atoms with E-state index >= 15 is 0 Å². The zero-order valence-corrected chi connectivity index (χ0v) is 89.1. The van der Waals surface area contributed by atoms with E-state index in [9.17, 15) is 115 Å². The van der Waals surface area contributed by atoms with Crippen LogP contribution in [-0.4, -0.2) is 298 Å². The largest absolute Gasteiger partial charge is 0.394 e. The number of amides is 23. The second-order valence-corrected chi connectivity index (χ2v) is 39.3. The summed E-state index contributed by atoms with van der Waals surface area (Å²) in [4.78, 5) is 323. The summed E-state index contributed by atoms with van der Waals surface area (Å²) in [6.45, 7) is 28.3. The summed E-state index contributed by atoms with van der Waals surface area (Å²) >= 11 is 1.06. The Labute approximate surface area is 867 Å².